The van der Waals surface area contributed by atoms with Gasteiger partial charge in [-0.2, -0.15) is 0 Å². The van der Waals surface area contributed by atoms with Crippen molar-refractivity contribution < 1.29 is 9.53 Å². The van der Waals surface area contributed by atoms with Gasteiger partial charge in [-0.15, -0.1) is 0 Å². The number of unbranched alkanes of at least 4 members (excludes halogenated alkanes) is 4. The Morgan fingerprint density at radius 3 is 2.30 bits per heavy atom. The van der Waals surface area contributed by atoms with Crippen LogP contribution in [-0.2, 0) is 16.1 Å². The van der Waals surface area contributed by atoms with E-state index in [1.165, 1.54) is 7.11 Å². The normalized spacial score (nSPS) is 10.9. The van der Waals surface area contributed by atoms with E-state index >= 15 is 0 Å². The summed E-state index contributed by atoms with van der Waals surface area (Å²) in [7, 11) is 1.42. The molecule has 0 unspecified atom stereocenters. The average molecular weight is 427 g/mol. The molecule has 3 aromatic rings. The topological polar surface area (TPSA) is 53.2 Å². The third-order valence-electron chi connectivity index (χ3n) is 5.12. The fourth-order valence-corrected chi connectivity index (χ4v) is 3.61. The lowest BCUT2D eigenvalue weighted by Crippen LogP contribution is -2.23. The number of carbonyl (C=O) groups is 1. The molecule has 0 bridgehead atoms. The summed E-state index contributed by atoms with van der Waals surface area (Å²) in [6.45, 7) is 0.663. The third-order valence-corrected chi connectivity index (χ3v) is 5.37. The Labute approximate surface area is 181 Å². The van der Waals surface area contributed by atoms with Crippen molar-refractivity contribution in [3.05, 3.63) is 76.3 Å². The van der Waals surface area contributed by atoms with Crippen LogP contribution in [0.3, 0.4) is 0 Å². The fourth-order valence-electron chi connectivity index (χ4n) is 3.49. The van der Waals surface area contributed by atoms with E-state index in [0.29, 0.717) is 18.0 Å². The van der Waals surface area contributed by atoms with Crippen LogP contribution in [0.4, 0.5) is 0 Å². The number of methoxy groups -OCH3 is 1. The van der Waals surface area contributed by atoms with Crippen molar-refractivity contribution in [1.82, 2.24) is 9.13 Å². The molecule has 0 saturated carbocycles. The monoisotopic (exact) mass is 426 g/mol. The highest BCUT2D eigenvalue weighted by molar-refractivity contribution is 6.30. The molecule has 0 aliphatic carbocycles. The minimum atomic E-state index is -0.154. The van der Waals surface area contributed by atoms with Gasteiger partial charge in [-0.25, -0.2) is 4.79 Å². The first kappa shape index (κ1) is 21.9. The molecule has 6 heteroatoms. The Kier molecular flexibility index (Phi) is 7.91. The van der Waals surface area contributed by atoms with Crippen LogP contribution in [0.25, 0.3) is 16.9 Å². The van der Waals surface area contributed by atoms with E-state index in [2.05, 4.69) is 4.74 Å². The Hall–Kier alpha value is -2.79. The zero-order valence-corrected chi connectivity index (χ0v) is 18.0. The van der Waals surface area contributed by atoms with Gasteiger partial charge in [0.05, 0.1) is 18.5 Å². The second-order valence-corrected chi connectivity index (χ2v) is 7.70. The van der Waals surface area contributed by atoms with E-state index < -0.39 is 0 Å². The highest BCUT2D eigenvalue weighted by atomic mass is 35.5. The molecular formula is C24H27ClN2O3. The molecule has 0 amide bonds. The van der Waals surface area contributed by atoms with Crippen molar-refractivity contribution in [1.29, 1.82) is 0 Å². The van der Waals surface area contributed by atoms with Gasteiger partial charge in [-0.1, -0.05) is 61.2 Å². The summed E-state index contributed by atoms with van der Waals surface area (Å²) in [4.78, 5) is 24.3. The molecule has 0 N–H and O–H groups in total. The number of aryl methyl sites for hydroxylation is 1. The van der Waals surface area contributed by atoms with Crippen LogP contribution in [0.5, 0.6) is 0 Å². The molecule has 1 heterocycles. The van der Waals surface area contributed by atoms with Gasteiger partial charge in [0.1, 0.15) is 0 Å². The van der Waals surface area contributed by atoms with Gasteiger partial charge in [0.25, 0.3) is 0 Å². The standard InChI is InChI=1S/C24H27ClN2O3/c1-30-23(28)12-8-3-2-4-9-17-26-18-22(19-13-15-20(25)16-14-19)27(24(26)29)21-10-6-5-7-11-21/h5-7,10-11,13-16,18H,2-4,8-9,12,17H2,1H3. The third kappa shape index (κ3) is 5.63. The molecule has 0 saturated heterocycles. The van der Waals surface area contributed by atoms with Gasteiger partial charge in [-0.3, -0.25) is 13.9 Å². The summed E-state index contributed by atoms with van der Waals surface area (Å²) in [5.74, 6) is -0.154. The molecule has 0 spiro atoms. The van der Waals surface area contributed by atoms with Crippen molar-refractivity contribution >= 4 is 17.6 Å². The molecule has 5 nitrogen and oxygen atoms in total. The maximum Gasteiger partial charge on any atom is 0.333 e. The number of esters is 1. The number of para-hydroxylation sites is 1. The van der Waals surface area contributed by atoms with Gasteiger partial charge in [-0.05, 0) is 37.1 Å². The molecule has 0 atom stereocenters. The number of benzene rings is 2. The molecule has 0 fully saturated rings. The van der Waals surface area contributed by atoms with Crippen molar-refractivity contribution in [2.75, 3.05) is 7.11 Å². The van der Waals surface area contributed by atoms with Crippen LogP contribution >= 0.6 is 11.6 Å². The number of halogens is 1. The molecule has 1 aromatic heterocycles. The lowest BCUT2D eigenvalue weighted by molar-refractivity contribution is -0.140. The number of hydrogen-bond acceptors (Lipinski definition) is 3. The summed E-state index contributed by atoms with van der Waals surface area (Å²) in [6.07, 6.45) is 7.20. The van der Waals surface area contributed by atoms with E-state index in [-0.39, 0.29) is 11.7 Å². The largest absolute Gasteiger partial charge is 0.469 e. The van der Waals surface area contributed by atoms with E-state index in [4.69, 9.17) is 11.6 Å². The van der Waals surface area contributed by atoms with Crippen LogP contribution in [0.1, 0.15) is 38.5 Å². The highest BCUT2D eigenvalue weighted by Gasteiger charge is 2.14. The first-order chi connectivity index (χ1) is 14.6. The number of hydrogen-bond donors (Lipinski definition) is 0. The highest BCUT2D eigenvalue weighted by Crippen LogP contribution is 2.23. The van der Waals surface area contributed by atoms with Crippen LogP contribution in [-0.4, -0.2) is 22.2 Å². The number of nitrogens with zero attached hydrogens (tertiary/aromatic N) is 2. The summed E-state index contributed by atoms with van der Waals surface area (Å²) in [6, 6.07) is 17.2. The molecule has 2 aromatic carbocycles. The minimum Gasteiger partial charge on any atom is -0.469 e. The van der Waals surface area contributed by atoms with Crippen molar-refractivity contribution in [2.24, 2.45) is 0 Å². The Balaban J connectivity index is 1.71. The Morgan fingerprint density at radius 2 is 1.60 bits per heavy atom. The van der Waals surface area contributed by atoms with Crippen LogP contribution < -0.4 is 5.69 Å². The number of imidazole rings is 1. The van der Waals surface area contributed by atoms with Gasteiger partial charge in [0.2, 0.25) is 0 Å². The molecule has 0 radical (unpaired) electrons. The zero-order valence-electron chi connectivity index (χ0n) is 17.2. The van der Waals surface area contributed by atoms with E-state index in [9.17, 15) is 9.59 Å². The van der Waals surface area contributed by atoms with Crippen molar-refractivity contribution in [3.8, 4) is 16.9 Å². The number of carbonyl (C=O) groups excluding carboxylic acids is 1. The quantitative estimate of drug-likeness (QED) is 0.319. The molecular weight excluding hydrogens is 400 g/mol. The van der Waals surface area contributed by atoms with Gasteiger partial charge < -0.3 is 4.74 Å². The van der Waals surface area contributed by atoms with Crippen molar-refractivity contribution in [3.63, 3.8) is 0 Å². The van der Waals surface area contributed by atoms with E-state index in [1.807, 2.05) is 60.8 Å². The van der Waals surface area contributed by atoms with Crippen LogP contribution in [0, 0.1) is 0 Å². The van der Waals surface area contributed by atoms with E-state index in [1.54, 1.807) is 9.13 Å². The molecule has 0 aliphatic heterocycles. The second kappa shape index (κ2) is 10.8. The Bertz CT molecular complexity index is 1010. The lowest BCUT2D eigenvalue weighted by Gasteiger charge is -2.07. The average Bonchev–Trinajstić information content (AvgIpc) is 3.10. The predicted molar refractivity (Wildman–Crippen MR) is 120 cm³/mol. The smallest absolute Gasteiger partial charge is 0.333 e. The summed E-state index contributed by atoms with van der Waals surface area (Å²) < 4.78 is 8.19. The molecule has 158 valence electrons. The van der Waals surface area contributed by atoms with Crippen LogP contribution in [0.15, 0.2) is 65.6 Å². The maximum absolute atomic E-state index is 13.2. The zero-order chi connectivity index (χ0) is 21.3. The number of aromatic nitrogens is 2. The maximum atomic E-state index is 13.2. The summed E-state index contributed by atoms with van der Waals surface area (Å²) in [5.41, 5.74) is 2.59. The van der Waals surface area contributed by atoms with Gasteiger partial charge in [0, 0.05) is 29.7 Å². The Morgan fingerprint density at radius 1 is 0.933 bits per heavy atom. The first-order valence-electron chi connectivity index (χ1n) is 10.3. The number of ether oxygens (including phenoxy) is 1. The second-order valence-electron chi connectivity index (χ2n) is 7.26. The fraction of sp³-hybridized carbons (Fsp3) is 0.333. The summed E-state index contributed by atoms with van der Waals surface area (Å²) in [5, 5.41) is 0.666. The van der Waals surface area contributed by atoms with Crippen molar-refractivity contribution in [2.45, 2.75) is 45.1 Å². The van der Waals surface area contributed by atoms with Crippen LogP contribution in [0.2, 0.25) is 5.02 Å². The first-order valence-corrected chi connectivity index (χ1v) is 10.7. The minimum absolute atomic E-state index is 0.0446. The SMILES string of the molecule is COC(=O)CCCCCCCn1cc(-c2ccc(Cl)cc2)n(-c2ccccc2)c1=O. The van der Waals surface area contributed by atoms with Gasteiger partial charge >= 0.3 is 11.7 Å². The van der Waals surface area contributed by atoms with Gasteiger partial charge in [0.15, 0.2) is 0 Å². The lowest BCUT2D eigenvalue weighted by atomic mass is 10.1. The summed E-state index contributed by atoms with van der Waals surface area (Å²) >= 11 is 6.04. The molecule has 3 rings (SSSR count). The number of rotatable bonds is 10. The molecule has 30 heavy (non-hydrogen) atoms. The molecule has 0 aliphatic rings. The van der Waals surface area contributed by atoms with E-state index in [0.717, 1.165) is 49.0 Å². The predicted octanol–water partition coefficient (Wildman–Crippen LogP) is 5.47.